The molecule has 0 saturated carbocycles. The van der Waals surface area contributed by atoms with Crippen molar-refractivity contribution in [3.05, 3.63) is 44.3 Å². The summed E-state index contributed by atoms with van der Waals surface area (Å²) in [7, 11) is 0. The molecule has 106 valence electrons. The highest BCUT2D eigenvalue weighted by Gasteiger charge is 2.07. The summed E-state index contributed by atoms with van der Waals surface area (Å²) in [5, 5.41) is 11.2. The van der Waals surface area contributed by atoms with Crippen LogP contribution in [0, 0.1) is 6.92 Å². The maximum absolute atomic E-state index is 11.7. The predicted molar refractivity (Wildman–Crippen MR) is 82.2 cm³/mol. The lowest BCUT2D eigenvalue weighted by atomic mass is 10.3. The maximum atomic E-state index is 11.7. The van der Waals surface area contributed by atoms with E-state index in [4.69, 9.17) is 0 Å². The number of carbonyl (C=O) groups is 2. The molecule has 0 radical (unpaired) electrons. The van der Waals surface area contributed by atoms with Gasteiger partial charge in [-0.3, -0.25) is 9.59 Å². The van der Waals surface area contributed by atoms with Crippen LogP contribution in [0.2, 0.25) is 0 Å². The van der Waals surface area contributed by atoms with Crippen molar-refractivity contribution in [3.63, 3.8) is 0 Å². The molecule has 0 fully saturated rings. The van der Waals surface area contributed by atoms with E-state index < -0.39 is 0 Å². The second-order valence-corrected chi connectivity index (χ2v) is 6.10. The molecule has 2 aromatic heterocycles. The molecule has 0 spiro atoms. The van der Waals surface area contributed by atoms with Crippen LogP contribution in [0.4, 0.5) is 0 Å². The van der Waals surface area contributed by atoms with Crippen LogP contribution in [0.25, 0.3) is 0 Å². The normalized spacial score (nSPS) is 10.2. The van der Waals surface area contributed by atoms with Gasteiger partial charge >= 0.3 is 0 Å². The molecule has 0 aliphatic heterocycles. The van der Waals surface area contributed by atoms with Crippen molar-refractivity contribution >= 4 is 34.5 Å². The minimum absolute atomic E-state index is 0.0524. The number of amides is 2. The average Bonchev–Trinajstić information content (AvgIpc) is 3.07. The highest BCUT2D eigenvalue weighted by molar-refractivity contribution is 7.10. The predicted octanol–water partition coefficient (Wildman–Crippen LogP) is 2.55. The van der Waals surface area contributed by atoms with Crippen LogP contribution in [-0.2, 0) is 11.3 Å². The Morgan fingerprint density at radius 3 is 2.70 bits per heavy atom. The Hall–Kier alpha value is -1.66. The van der Waals surface area contributed by atoms with Crippen LogP contribution in [0.3, 0.4) is 0 Å². The molecule has 0 unspecified atom stereocenters. The second kappa shape index (κ2) is 7.21. The molecule has 0 aromatic carbocycles. The number of nitrogens with one attached hydrogen (secondary N) is 2. The Morgan fingerprint density at radius 2 is 2.05 bits per heavy atom. The third kappa shape index (κ3) is 4.18. The zero-order valence-electron chi connectivity index (χ0n) is 11.1. The fraction of sp³-hybridized carbons (Fsp3) is 0.286. The summed E-state index contributed by atoms with van der Waals surface area (Å²) in [4.78, 5) is 24.5. The van der Waals surface area contributed by atoms with Crippen LogP contribution in [0.15, 0.2) is 28.3 Å². The third-order valence-electron chi connectivity index (χ3n) is 2.84. The molecular formula is C14H16N2O2S2. The van der Waals surface area contributed by atoms with Gasteiger partial charge in [0.1, 0.15) is 0 Å². The number of aryl methyl sites for hydroxylation is 1. The summed E-state index contributed by atoms with van der Waals surface area (Å²) < 4.78 is 0. The van der Waals surface area contributed by atoms with Crippen molar-refractivity contribution in [3.8, 4) is 0 Å². The van der Waals surface area contributed by atoms with Gasteiger partial charge in [0.05, 0.1) is 6.54 Å². The molecule has 4 nitrogen and oxygen atoms in total. The van der Waals surface area contributed by atoms with Crippen LogP contribution in [-0.4, -0.2) is 18.4 Å². The minimum atomic E-state index is -0.131. The zero-order valence-corrected chi connectivity index (χ0v) is 12.8. The van der Waals surface area contributed by atoms with Crippen LogP contribution < -0.4 is 10.6 Å². The van der Waals surface area contributed by atoms with Gasteiger partial charge in [0.15, 0.2) is 0 Å². The third-order valence-corrected chi connectivity index (χ3v) is 4.54. The van der Waals surface area contributed by atoms with E-state index in [1.54, 1.807) is 22.8 Å². The largest absolute Gasteiger partial charge is 0.351 e. The SMILES string of the molecule is Cc1ccsc1CNC(=O)CCNC(=O)c1ccsc1. The number of hydrogen-bond acceptors (Lipinski definition) is 4. The summed E-state index contributed by atoms with van der Waals surface area (Å²) in [6.45, 7) is 2.93. The molecule has 0 saturated heterocycles. The maximum Gasteiger partial charge on any atom is 0.252 e. The molecule has 0 bridgehead atoms. The molecule has 2 amide bonds. The Morgan fingerprint density at radius 1 is 1.20 bits per heavy atom. The van der Waals surface area contributed by atoms with E-state index in [0.717, 1.165) is 0 Å². The monoisotopic (exact) mass is 308 g/mol. The topological polar surface area (TPSA) is 58.2 Å². The first kappa shape index (κ1) is 14.7. The molecule has 2 aromatic rings. The summed E-state index contributed by atoms with van der Waals surface area (Å²) in [5.74, 6) is -0.184. The van der Waals surface area contributed by atoms with Crippen LogP contribution in [0.1, 0.15) is 27.2 Å². The van der Waals surface area contributed by atoms with E-state index in [9.17, 15) is 9.59 Å². The van der Waals surface area contributed by atoms with Crippen molar-refractivity contribution in [1.29, 1.82) is 0 Å². The van der Waals surface area contributed by atoms with E-state index in [2.05, 4.69) is 10.6 Å². The summed E-state index contributed by atoms with van der Waals surface area (Å²) >= 11 is 3.11. The fourth-order valence-electron chi connectivity index (χ4n) is 1.64. The van der Waals surface area contributed by atoms with Gasteiger partial charge < -0.3 is 10.6 Å². The molecule has 20 heavy (non-hydrogen) atoms. The van der Waals surface area contributed by atoms with Gasteiger partial charge in [0.25, 0.3) is 5.91 Å². The lowest BCUT2D eigenvalue weighted by Gasteiger charge is -2.06. The van der Waals surface area contributed by atoms with Gasteiger partial charge in [0, 0.05) is 28.8 Å². The molecule has 0 atom stereocenters. The van der Waals surface area contributed by atoms with E-state index >= 15 is 0 Å². The molecular weight excluding hydrogens is 292 g/mol. The lowest BCUT2D eigenvalue weighted by Crippen LogP contribution is -2.30. The van der Waals surface area contributed by atoms with Crippen LogP contribution in [0.5, 0.6) is 0 Å². The van der Waals surface area contributed by atoms with Crippen molar-refractivity contribution in [2.45, 2.75) is 19.9 Å². The molecule has 0 aliphatic carbocycles. The van der Waals surface area contributed by atoms with Crippen molar-refractivity contribution < 1.29 is 9.59 Å². The van der Waals surface area contributed by atoms with Gasteiger partial charge in [-0.15, -0.1) is 11.3 Å². The molecule has 6 heteroatoms. The Bertz CT molecular complexity index is 576. The first-order chi connectivity index (χ1) is 9.66. The smallest absolute Gasteiger partial charge is 0.252 e. The average molecular weight is 308 g/mol. The number of thiophene rings is 2. The van der Waals surface area contributed by atoms with Gasteiger partial charge in [0.2, 0.25) is 5.91 Å². The first-order valence-electron chi connectivity index (χ1n) is 6.27. The highest BCUT2D eigenvalue weighted by atomic mass is 32.1. The number of rotatable bonds is 6. The first-order valence-corrected chi connectivity index (χ1v) is 8.09. The Labute approximate surface area is 125 Å². The van der Waals surface area contributed by atoms with Crippen molar-refractivity contribution in [2.75, 3.05) is 6.54 Å². The number of carbonyl (C=O) groups excluding carboxylic acids is 2. The minimum Gasteiger partial charge on any atom is -0.351 e. The van der Waals surface area contributed by atoms with Gasteiger partial charge in [-0.25, -0.2) is 0 Å². The molecule has 0 aliphatic rings. The molecule has 2 N–H and O–H groups in total. The summed E-state index contributed by atoms with van der Waals surface area (Å²) in [5.41, 5.74) is 1.84. The van der Waals surface area contributed by atoms with Crippen molar-refractivity contribution in [2.24, 2.45) is 0 Å². The highest BCUT2D eigenvalue weighted by Crippen LogP contribution is 2.14. The molecule has 2 heterocycles. The quantitative estimate of drug-likeness (QED) is 0.861. The Kier molecular flexibility index (Phi) is 5.31. The van der Waals surface area contributed by atoms with Gasteiger partial charge in [-0.1, -0.05) is 0 Å². The van der Waals surface area contributed by atoms with E-state index in [0.29, 0.717) is 25.1 Å². The molecule has 2 rings (SSSR count). The number of hydrogen-bond donors (Lipinski definition) is 2. The zero-order chi connectivity index (χ0) is 14.4. The lowest BCUT2D eigenvalue weighted by molar-refractivity contribution is -0.121. The van der Waals surface area contributed by atoms with Gasteiger partial charge in [-0.2, -0.15) is 11.3 Å². The van der Waals surface area contributed by atoms with E-state index in [1.807, 2.05) is 23.8 Å². The van der Waals surface area contributed by atoms with E-state index in [1.165, 1.54) is 21.8 Å². The van der Waals surface area contributed by atoms with Gasteiger partial charge in [-0.05, 0) is 35.4 Å². The standard InChI is InChI=1S/C14H16N2O2S2/c1-10-3-7-20-12(10)8-16-13(17)2-5-15-14(18)11-4-6-19-9-11/h3-4,6-7,9H,2,5,8H2,1H3,(H,15,18)(H,16,17). The van der Waals surface area contributed by atoms with E-state index in [-0.39, 0.29) is 11.8 Å². The fourth-order valence-corrected chi connectivity index (χ4v) is 3.12. The summed E-state index contributed by atoms with van der Waals surface area (Å²) in [6.07, 6.45) is 0.292. The summed E-state index contributed by atoms with van der Waals surface area (Å²) in [6, 6.07) is 3.80. The van der Waals surface area contributed by atoms with Crippen LogP contribution >= 0.6 is 22.7 Å². The van der Waals surface area contributed by atoms with Crippen molar-refractivity contribution in [1.82, 2.24) is 10.6 Å². The Balaban J connectivity index is 1.65. The second-order valence-electron chi connectivity index (χ2n) is 4.32.